The predicted octanol–water partition coefficient (Wildman–Crippen LogP) is -1.40. The zero-order valence-electron chi connectivity index (χ0n) is 2.39. The summed E-state index contributed by atoms with van der Waals surface area (Å²) >= 11 is 0. The normalized spacial score (nSPS) is 27.0. The average molecular weight is 76.1 g/mol. The zero-order valence-corrected chi connectivity index (χ0v) is 4.39. The van der Waals surface area contributed by atoms with Crippen LogP contribution in [0.15, 0.2) is 0 Å². The summed E-state index contributed by atoms with van der Waals surface area (Å²) in [5.74, 6) is 0.222. The summed E-state index contributed by atoms with van der Waals surface area (Å²) in [7, 11) is 1.02. The van der Waals surface area contributed by atoms with Crippen LogP contribution in [-0.2, 0) is 9.78 Å². The highest BCUT2D eigenvalue weighted by molar-refractivity contribution is 6.10. The molecule has 0 aromatic rings. The van der Waals surface area contributed by atoms with Gasteiger partial charge in [-0.2, -0.15) is 0 Å². The molecule has 0 bridgehead atoms. The fraction of sp³-hybridized carbons (Fsp3) is 1.00. The molecule has 4 heavy (non-hydrogen) atoms. The van der Waals surface area contributed by atoms with Crippen molar-refractivity contribution in [3.63, 3.8) is 0 Å². The maximum atomic E-state index is 4.27. The summed E-state index contributed by atoms with van der Waals surface area (Å²) in [4.78, 5) is 8.54. The molecule has 0 spiro atoms. The van der Waals surface area contributed by atoms with Crippen molar-refractivity contribution in [2.45, 2.75) is 5.91 Å². The zero-order chi connectivity index (χ0) is 2.99. The lowest BCUT2D eigenvalue weighted by atomic mass is 11.6. The first-order valence-corrected chi connectivity index (χ1v) is 2.37. The minimum absolute atomic E-state index is 0.222. The predicted molar refractivity (Wildman–Crippen MR) is 15.9 cm³/mol. The maximum absolute atomic E-state index is 4.27. The third-order valence-electron chi connectivity index (χ3n) is 0.289. The topological polar surface area (TPSA) is 25.1 Å². The summed E-state index contributed by atoms with van der Waals surface area (Å²) in [6.07, 6.45) is 0. The molecule has 1 heterocycles. The van der Waals surface area contributed by atoms with E-state index in [2.05, 4.69) is 9.78 Å². The Labute approximate surface area is 27.1 Å². The molecule has 1 fully saturated rings. The van der Waals surface area contributed by atoms with Gasteiger partial charge in [0.15, 0.2) is 5.91 Å². The van der Waals surface area contributed by atoms with Crippen LogP contribution in [0.3, 0.4) is 0 Å². The van der Waals surface area contributed by atoms with Crippen LogP contribution < -0.4 is 0 Å². The van der Waals surface area contributed by atoms with Gasteiger partial charge in [0.1, 0.15) is 0 Å². The Morgan fingerprint density at radius 2 is 1.75 bits per heavy atom. The van der Waals surface area contributed by atoms with Gasteiger partial charge >= 0.3 is 0 Å². The van der Waals surface area contributed by atoms with E-state index in [9.17, 15) is 0 Å². The molecule has 0 aromatic carbocycles. The molecular formula is CH4O2Si. The van der Waals surface area contributed by atoms with Gasteiger partial charge < -0.3 is 0 Å². The summed E-state index contributed by atoms with van der Waals surface area (Å²) in [6, 6.07) is 0. The Bertz CT molecular complexity index is 25.2. The lowest BCUT2D eigenvalue weighted by molar-refractivity contribution is 0.0850. The summed E-state index contributed by atoms with van der Waals surface area (Å²) in [6.45, 7) is 0. The van der Waals surface area contributed by atoms with Gasteiger partial charge in [-0.3, -0.25) is 0 Å². The van der Waals surface area contributed by atoms with E-state index >= 15 is 0 Å². The van der Waals surface area contributed by atoms with E-state index in [-0.39, 0.29) is 5.91 Å². The first kappa shape index (κ1) is 2.38. The van der Waals surface area contributed by atoms with Crippen LogP contribution in [0, 0.1) is 0 Å². The van der Waals surface area contributed by atoms with Gasteiger partial charge in [0.2, 0.25) is 0 Å². The van der Waals surface area contributed by atoms with Crippen molar-refractivity contribution in [2.24, 2.45) is 0 Å². The minimum atomic E-state index is 0.222. The van der Waals surface area contributed by atoms with Gasteiger partial charge in [-0.25, -0.2) is 9.78 Å². The Kier molecular flexibility index (Phi) is 0.323. The molecular weight excluding hydrogens is 72.1 g/mol. The fourth-order valence-corrected chi connectivity index (χ4v) is 0.167. The Hall–Kier alpha value is 0.137. The van der Waals surface area contributed by atoms with Gasteiger partial charge in [-0.15, -0.1) is 0 Å². The molecule has 0 amide bonds. The Morgan fingerprint density at radius 1 is 1.50 bits per heavy atom. The molecule has 1 saturated heterocycles. The molecule has 24 valence electrons. The quantitative estimate of drug-likeness (QED) is 0.201. The van der Waals surface area contributed by atoms with Crippen LogP contribution in [-0.4, -0.2) is 16.2 Å². The van der Waals surface area contributed by atoms with Crippen LogP contribution in [0.5, 0.6) is 0 Å². The average Bonchev–Trinajstić information content (AvgIpc) is 1.75. The minimum Gasteiger partial charge on any atom is -0.205 e. The van der Waals surface area contributed by atoms with E-state index in [1.54, 1.807) is 0 Å². The van der Waals surface area contributed by atoms with Gasteiger partial charge in [0.25, 0.3) is 0 Å². The first-order valence-electron chi connectivity index (χ1n) is 1.22. The van der Waals surface area contributed by atoms with Crippen LogP contribution in [0.25, 0.3) is 0 Å². The molecule has 2 nitrogen and oxygen atoms in total. The Balaban J connectivity index is 2.17. The third kappa shape index (κ3) is 0.281. The highest BCUT2D eigenvalue weighted by Gasteiger charge is 2.15. The number of hydrogen-bond acceptors (Lipinski definition) is 2. The van der Waals surface area contributed by atoms with E-state index in [0.29, 0.717) is 0 Å². The van der Waals surface area contributed by atoms with E-state index in [1.807, 2.05) is 0 Å². The number of rotatable bonds is 0. The van der Waals surface area contributed by atoms with E-state index in [1.165, 1.54) is 0 Å². The second kappa shape index (κ2) is 0.543. The van der Waals surface area contributed by atoms with Crippen LogP contribution >= 0.6 is 0 Å². The molecule has 1 rings (SSSR count). The van der Waals surface area contributed by atoms with Crippen LogP contribution in [0.1, 0.15) is 0 Å². The molecule has 1 aliphatic rings. The van der Waals surface area contributed by atoms with Crippen molar-refractivity contribution in [2.75, 3.05) is 0 Å². The van der Waals surface area contributed by atoms with E-state index in [0.717, 1.165) is 10.2 Å². The van der Waals surface area contributed by atoms with E-state index in [4.69, 9.17) is 0 Å². The highest BCUT2D eigenvalue weighted by Crippen LogP contribution is 2.03. The number of hydrogen-bond donors (Lipinski definition) is 0. The monoisotopic (exact) mass is 76.0 g/mol. The molecule has 0 aromatic heterocycles. The molecule has 0 radical (unpaired) electrons. The van der Waals surface area contributed by atoms with Gasteiger partial charge in [-0.05, 0) is 0 Å². The van der Waals surface area contributed by atoms with Crippen molar-refractivity contribution in [3.05, 3.63) is 0 Å². The second-order valence-electron chi connectivity index (χ2n) is 0.760. The lowest BCUT2D eigenvalue weighted by Crippen LogP contribution is -1.71. The molecule has 0 atom stereocenters. The molecule has 0 aliphatic carbocycles. The molecule has 0 N–H and O–H groups in total. The first-order chi connectivity index (χ1) is 1.89. The van der Waals surface area contributed by atoms with Gasteiger partial charge in [0, 0.05) is 0 Å². The van der Waals surface area contributed by atoms with Crippen molar-refractivity contribution >= 4 is 10.2 Å². The summed E-state index contributed by atoms with van der Waals surface area (Å²) in [5, 5.41) is 0. The Morgan fingerprint density at radius 3 is 1.75 bits per heavy atom. The summed E-state index contributed by atoms with van der Waals surface area (Å²) < 4.78 is 0. The van der Waals surface area contributed by atoms with Crippen LogP contribution in [0.2, 0.25) is 0 Å². The molecule has 3 heteroatoms. The fourth-order valence-electron chi connectivity index (χ4n) is 0.0556. The second-order valence-corrected chi connectivity index (χ2v) is 1.70. The standard InChI is InChI=1S/CH4O2Si/c4-1-2-3-1/h1H,4H3. The highest BCUT2D eigenvalue weighted by atomic mass is 28.1. The van der Waals surface area contributed by atoms with E-state index < -0.39 is 0 Å². The van der Waals surface area contributed by atoms with Gasteiger partial charge in [-0.1, -0.05) is 0 Å². The summed E-state index contributed by atoms with van der Waals surface area (Å²) in [5.41, 5.74) is 0. The maximum Gasteiger partial charge on any atom is 0.197 e. The van der Waals surface area contributed by atoms with Crippen molar-refractivity contribution in [1.29, 1.82) is 0 Å². The van der Waals surface area contributed by atoms with Crippen molar-refractivity contribution < 1.29 is 9.78 Å². The van der Waals surface area contributed by atoms with Crippen LogP contribution in [0.4, 0.5) is 0 Å². The molecule has 1 aliphatic heterocycles. The lowest BCUT2D eigenvalue weighted by Gasteiger charge is -1.39. The van der Waals surface area contributed by atoms with Crippen molar-refractivity contribution in [3.8, 4) is 0 Å². The van der Waals surface area contributed by atoms with Crippen molar-refractivity contribution in [1.82, 2.24) is 0 Å². The molecule has 0 saturated carbocycles. The van der Waals surface area contributed by atoms with Gasteiger partial charge in [0.05, 0.1) is 10.2 Å². The smallest absolute Gasteiger partial charge is 0.197 e. The third-order valence-corrected chi connectivity index (χ3v) is 0.674. The molecule has 0 unspecified atom stereocenters. The largest absolute Gasteiger partial charge is 0.205 e. The SMILES string of the molecule is [SiH3]C1OO1.